The molecule has 0 spiro atoms. The molecule has 0 aliphatic carbocycles. The van der Waals surface area contributed by atoms with Crippen LogP contribution in [0.3, 0.4) is 0 Å². The van der Waals surface area contributed by atoms with E-state index in [9.17, 15) is 14.4 Å². The highest BCUT2D eigenvalue weighted by molar-refractivity contribution is 5.91. The molecule has 0 bridgehead atoms. The van der Waals surface area contributed by atoms with Gasteiger partial charge in [0.15, 0.2) is 5.76 Å². The topological polar surface area (TPSA) is 94.8 Å². The van der Waals surface area contributed by atoms with Crippen molar-refractivity contribution in [2.45, 2.75) is 13.0 Å². The van der Waals surface area contributed by atoms with Gasteiger partial charge in [0.05, 0.1) is 13.5 Å². The predicted octanol–water partition coefficient (Wildman–Crippen LogP) is 1.51. The molecule has 1 N–H and O–H groups in total. The number of carbonyl (C=O) groups is 2. The summed E-state index contributed by atoms with van der Waals surface area (Å²) in [5.41, 5.74) is 0.442. The zero-order valence-electron chi connectivity index (χ0n) is 13.1. The van der Waals surface area contributed by atoms with Crippen molar-refractivity contribution in [1.29, 1.82) is 0 Å². The highest BCUT2D eigenvalue weighted by atomic mass is 16.5. The van der Waals surface area contributed by atoms with Crippen molar-refractivity contribution in [3.05, 3.63) is 64.2 Å². The maximum atomic E-state index is 12.0. The number of carbonyl (C=O) groups excluding carboxylic acids is 2. The van der Waals surface area contributed by atoms with Crippen LogP contribution in [0.4, 0.5) is 0 Å². The lowest BCUT2D eigenvalue weighted by molar-refractivity contribution is -0.140. The van der Waals surface area contributed by atoms with E-state index in [1.54, 1.807) is 0 Å². The summed E-state index contributed by atoms with van der Waals surface area (Å²) >= 11 is 0. The molecule has 0 atom stereocenters. The molecule has 2 aromatic rings. The third-order valence-corrected chi connectivity index (χ3v) is 3.10. The minimum Gasteiger partial charge on any atom is -0.482 e. The second-order valence-corrected chi connectivity index (χ2v) is 4.83. The van der Waals surface area contributed by atoms with Crippen molar-refractivity contribution in [3.63, 3.8) is 0 Å². The summed E-state index contributed by atoms with van der Waals surface area (Å²) in [5, 5.41) is 2.46. The number of nitrogens with one attached hydrogen (secondary N) is 1. The minimum atomic E-state index is -0.592. The Balaban J connectivity index is 1.92. The van der Waals surface area contributed by atoms with Crippen LogP contribution in [0.1, 0.15) is 22.5 Å². The Labute approximate surface area is 138 Å². The first-order valence-electron chi connectivity index (χ1n) is 7.24. The Morgan fingerprint density at radius 3 is 2.62 bits per heavy atom. The Morgan fingerprint density at radius 2 is 1.96 bits per heavy atom. The molecular formula is C17H17NO6. The van der Waals surface area contributed by atoms with Crippen molar-refractivity contribution < 1.29 is 23.5 Å². The lowest BCUT2D eigenvalue weighted by atomic mass is 10.2. The van der Waals surface area contributed by atoms with Crippen molar-refractivity contribution in [2.24, 2.45) is 0 Å². The van der Waals surface area contributed by atoms with Gasteiger partial charge in [-0.15, -0.1) is 0 Å². The van der Waals surface area contributed by atoms with E-state index in [1.165, 1.54) is 7.11 Å². The van der Waals surface area contributed by atoms with Gasteiger partial charge in [0.2, 0.25) is 11.2 Å². The smallest absolute Gasteiger partial charge is 0.307 e. The standard InChI is InChI=1S/C17H17NO6/c1-22-16(20)7-8-18-17(21)14-9-13(19)15(11-24-14)23-10-12-5-3-2-4-6-12/h2-6,9,11H,7-8,10H2,1H3,(H,18,21). The van der Waals surface area contributed by atoms with Crippen LogP contribution in [-0.2, 0) is 16.1 Å². The van der Waals surface area contributed by atoms with Crippen molar-refractivity contribution in [1.82, 2.24) is 5.32 Å². The van der Waals surface area contributed by atoms with Crippen LogP contribution in [0.2, 0.25) is 0 Å². The Morgan fingerprint density at radius 1 is 1.21 bits per heavy atom. The highest BCUT2D eigenvalue weighted by Gasteiger charge is 2.12. The van der Waals surface area contributed by atoms with Gasteiger partial charge in [-0.25, -0.2) is 0 Å². The van der Waals surface area contributed by atoms with Crippen LogP contribution in [-0.4, -0.2) is 25.5 Å². The number of rotatable bonds is 7. The Bertz CT molecular complexity index is 753. The predicted molar refractivity (Wildman–Crippen MR) is 84.7 cm³/mol. The van der Waals surface area contributed by atoms with Crippen LogP contribution >= 0.6 is 0 Å². The van der Waals surface area contributed by atoms with Gasteiger partial charge >= 0.3 is 5.97 Å². The highest BCUT2D eigenvalue weighted by Crippen LogP contribution is 2.09. The van der Waals surface area contributed by atoms with Gasteiger partial charge < -0.3 is 19.2 Å². The molecule has 1 amide bonds. The van der Waals surface area contributed by atoms with E-state index >= 15 is 0 Å². The van der Waals surface area contributed by atoms with E-state index in [-0.39, 0.29) is 31.1 Å². The second kappa shape index (κ2) is 8.52. The molecule has 7 heteroatoms. The van der Waals surface area contributed by atoms with Crippen molar-refractivity contribution in [2.75, 3.05) is 13.7 Å². The largest absolute Gasteiger partial charge is 0.482 e. The van der Waals surface area contributed by atoms with Crippen LogP contribution in [0.5, 0.6) is 5.75 Å². The molecule has 1 aromatic heterocycles. The summed E-state index contributed by atoms with van der Waals surface area (Å²) in [7, 11) is 1.26. The monoisotopic (exact) mass is 331 g/mol. The first-order chi connectivity index (χ1) is 11.6. The molecule has 0 saturated carbocycles. The SMILES string of the molecule is COC(=O)CCNC(=O)c1cc(=O)c(OCc2ccccc2)co1. The average Bonchev–Trinajstić information content (AvgIpc) is 2.61. The van der Waals surface area contributed by atoms with Crippen LogP contribution in [0, 0.1) is 0 Å². The average molecular weight is 331 g/mol. The normalized spacial score (nSPS) is 10.0. The molecule has 0 saturated heterocycles. The third-order valence-electron chi connectivity index (χ3n) is 3.10. The number of hydrogen-bond donors (Lipinski definition) is 1. The molecule has 0 aliphatic rings. The van der Waals surface area contributed by atoms with Gasteiger partial charge in [-0.05, 0) is 5.56 Å². The third kappa shape index (κ3) is 4.98. The summed E-state index contributed by atoms with van der Waals surface area (Å²) in [6, 6.07) is 10.4. The second-order valence-electron chi connectivity index (χ2n) is 4.83. The molecule has 0 aliphatic heterocycles. The maximum absolute atomic E-state index is 12.0. The molecular weight excluding hydrogens is 314 g/mol. The van der Waals surface area contributed by atoms with Crippen LogP contribution < -0.4 is 15.5 Å². The van der Waals surface area contributed by atoms with Crippen LogP contribution in [0.25, 0.3) is 0 Å². The first-order valence-corrected chi connectivity index (χ1v) is 7.24. The molecule has 1 heterocycles. The number of hydrogen-bond acceptors (Lipinski definition) is 6. The van der Waals surface area contributed by atoms with Gasteiger partial charge in [0, 0.05) is 12.6 Å². The Hall–Kier alpha value is -3.09. The zero-order chi connectivity index (χ0) is 17.4. The van der Waals surface area contributed by atoms with E-state index in [0.29, 0.717) is 0 Å². The summed E-state index contributed by atoms with van der Waals surface area (Å²) in [6.45, 7) is 0.303. The summed E-state index contributed by atoms with van der Waals surface area (Å²) in [6.07, 6.45) is 1.13. The molecule has 2 rings (SSSR count). The van der Waals surface area contributed by atoms with Gasteiger partial charge in [-0.2, -0.15) is 0 Å². The van der Waals surface area contributed by atoms with Gasteiger partial charge in [0.1, 0.15) is 12.9 Å². The van der Waals surface area contributed by atoms with E-state index in [0.717, 1.165) is 17.9 Å². The van der Waals surface area contributed by atoms with E-state index in [2.05, 4.69) is 10.1 Å². The molecule has 24 heavy (non-hydrogen) atoms. The summed E-state index contributed by atoms with van der Waals surface area (Å²) in [5.74, 6) is -1.17. The van der Waals surface area contributed by atoms with Crippen molar-refractivity contribution in [3.8, 4) is 5.75 Å². The number of amides is 1. The number of methoxy groups -OCH3 is 1. The molecule has 1 aromatic carbocycles. The molecule has 126 valence electrons. The fraction of sp³-hybridized carbons (Fsp3) is 0.235. The molecule has 0 radical (unpaired) electrons. The lowest BCUT2D eigenvalue weighted by Crippen LogP contribution is -2.27. The summed E-state index contributed by atoms with van der Waals surface area (Å²) < 4.78 is 15.0. The summed E-state index contributed by atoms with van der Waals surface area (Å²) in [4.78, 5) is 34.7. The van der Waals surface area contributed by atoms with E-state index in [4.69, 9.17) is 9.15 Å². The molecule has 0 fully saturated rings. The minimum absolute atomic E-state index is 0.0185. The van der Waals surface area contributed by atoms with Gasteiger partial charge in [-0.1, -0.05) is 30.3 Å². The maximum Gasteiger partial charge on any atom is 0.307 e. The first kappa shape index (κ1) is 17.3. The quantitative estimate of drug-likeness (QED) is 0.773. The van der Waals surface area contributed by atoms with E-state index < -0.39 is 17.3 Å². The molecule has 0 unspecified atom stereocenters. The fourth-order valence-corrected chi connectivity index (χ4v) is 1.83. The lowest BCUT2D eigenvalue weighted by Gasteiger charge is -2.06. The van der Waals surface area contributed by atoms with E-state index in [1.807, 2.05) is 30.3 Å². The Kier molecular flexibility index (Phi) is 6.13. The van der Waals surface area contributed by atoms with Gasteiger partial charge in [0.25, 0.3) is 5.91 Å². The number of esters is 1. The molecule has 7 nitrogen and oxygen atoms in total. The number of ether oxygens (including phenoxy) is 2. The fourth-order valence-electron chi connectivity index (χ4n) is 1.83. The van der Waals surface area contributed by atoms with Gasteiger partial charge in [-0.3, -0.25) is 14.4 Å². The zero-order valence-corrected chi connectivity index (χ0v) is 13.1. The van der Waals surface area contributed by atoms with Crippen LogP contribution in [0.15, 0.2) is 51.9 Å². The van der Waals surface area contributed by atoms with Crippen molar-refractivity contribution >= 4 is 11.9 Å². The number of benzene rings is 1.